The summed E-state index contributed by atoms with van der Waals surface area (Å²) in [6.07, 6.45) is 1.82. The van der Waals surface area contributed by atoms with E-state index in [2.05, 4.69) is 19.2 Å². The summed E-state index contributed by atoms with van der Waals surface area (Å²) in [7, 11) is -4.10. The van der Waals surface area contributed by atoms with Crippen LogP contribution in [0.1, 0.15) is 50.4 Å². The third-order valence-corrected chi connectivity index (χ3v) is 6.08. The van der Waals surface area contributed by atoms with Crippen LogP contribution in [0, 0.1) is 17.7 Å². The molecule has 1 aliphatic carbocycles. The van der Waals surface area contributed by atoms with Crippen molar-refractivity contribution in [2.24, 2.45) is 17.0 Å². The molecule has 9 heteroatoms. The van der Waals surface area contributed by atoms with Gasteiger partial charge in [-0.15, -0.1) is 0 Å². The Bertz CT molecular complexity index is 827. The highest BCUT2D eigenvalue weighted by molar-refractivity contribution is 7.89. The molecule has 1 aromatic rings. The molecular weight excluding hydrogens is 375 g/mol. The first-order chi connectivity index (χ1) is 12.5. The van der Waals surface area contributed by atoms with E-state index >= 15 is 0 Å². The molecule has 0 unspecified atom stereocenters. The highest BCUT2D eigenvalue weighted by atomic mass is 32.2. The van der Waals surface area contributed by atoms with Crippen molar-refractivity contribution in [2.45, 2.75) is 57.1 Å². The van der Waals surface area contributed by atoms with E-state index in [1.165, 1.54) is 6.92 Å². The maximum absolute atomic E-state index is 13.9. The number of halogens is 1. The van der Waals surface area contributed by atoms with E-state index in [0.29, 0.717) is 11.8 Å². The molecule has 0 aromatic heterocycles. The Hall–Kier alpha value is -2.00. The van der Waals surface area contributed by atoms with Gasteiger partial charge < -0.3 is 10.1 Å². The van der Waals surface area contributed by atoms with Gasteiger partial charge in [0.15, 0.2) is 6.10 Å². The van der Waals surface area contributed by atoms with Gasteiger partial charge in [0.1, 0.15) is 5.82 Å². The minimum absolute atomic E-state index is 0.00940. The summed E-state index contributed by atoms with van der Waals surface area (Å²) in [5, 5.41) is 7.87. The minimum atomic E-state index is -4.10. The van der Waals surface area contributed by atoms with Crippen LogP contribution in [0.5, 0.6) is 0 Å². The second kappa shape index (κ2) is 8.35. The lowest BCUT2D eigenvalue weighted by Crippen LogP contribution is -2.47. The van der Waals surface area contributed by atoms with Crippen molar-refractivity contribution in [3.05, 3.63) is 29.6 Å². The molecule has 1 aromatic carbocycles. The zero-order chi connectivity index (χ0) is 20.4. The molecule has 0 heterocycles. The second-order valence-corrected chi connectivity index (χ2v) is 8.68. The molecule has 0 radical (unpaired) electrons. The molecule has 27 heavy (non-hydrogen) atoms. The molecule has 1 amide bonds. The summed E-state index contributed by atoms with van der Waals surface area (Å²) in [6, 6.07) is 2.54. The highest BCUT2D eigenvalue weighted by Gasteiger charge is 2.30. The quantitative estimate of drug-likeness (QED) is 0.733. The number of primary sulfonamides is 1. The van der Waals surface area contributed by atoms with Crippen LogP contribution in [0.3, 0.4) is 0 Å². The number of ether oxygens (including phenoxy) is 1. The van der Waals surface area contributed by atoms with E-state index in [1.807, 2.05) is 0 Å². The number of nitrogens with two attached hydrogens (primary N) is 1. The fraction of sp³-hybridized carbons (Fsp3) is 0.556. The Morgan fingerprint density at radius 2 is 1.96 bits per heavy atom. The topological polar surface area (TPSA) is 116 Å². The zero-order valence-electron chi connectivity index (χ0n) is 15.6. The molecule has 1 saturated carbocycles. The van der Waals surface area contributed by atoms with Crippen molar-refractivity contribution in [3.8, 4) is 0 Å². The third-order valence-electron chi connectivity index (χ3n) is 5.17. The summed E-state index contributed by atoms with van der Waals surface area (Å²) < 4.78 is 41.6. The number of carbonyl (C=O) groups is 2. The lowest BCUT2D eigenvalue weighted by atomic mass is 9.78. The van der Waals surface area contributed by atoms with E-state index in [0.717, 1.165) is 37.5 Å². The number of esters is 1. The first kappa shape index (κ1) is 21.3. The molecule has 0 aliphatic heterocycles. The van der Waals surface area contributed by atoms with Gasteiger partial charge in [0, 0.05) is 6.04 Å². The van der Waals surface area contributed by atoms with Crippen molar-refractivity contribution in [1.82, 2.24) is 5.32 Å². The molecular formula is C18H25FN2O5S. The van der Waals surface area contributed by atoms with Gasteiger partial charge in [-0.3, -0.25) is 4.79 Å². The molecule has 150 valence electrons. The average molecular weight is 400 g/mol. The van der Waals surface area contributed by atoms with Gasteiger partial charge >= 0.3 is 5.97 Å². The predicted octanol–water partition coefficient (Wildman–Crippen LogP) is 1.96. The number of carbonyl (C=O) groups excluding carboxylic acids is 2. The summed E-state index contributed by atoms with van der Waals surface area (Å²) in [5.41, 5.74) is -0.596. The number of benzene rings is 1. The van der Waals surface area contributed by atoms with E-state index in [1.54, 1.807) is 0 Å². The monoisotopic (exact) mass is 400 g/mol. The first-order valence-corrected chi connectivity index (χ1v) is 10.4. The number of hydrogen-bond acceptors (Lipinski definition) is 5. The molecule has 3 N–H and O–H groups in total. The molecule has 0 spiro atoms. The number of nitrogens with one attached hydrogen (secondary N) is 1. The largest absolute Gasteiger partial charge is 0.449 e. The van der Waals surface area contributed by atoms with Crippen molar-refractivity contribution >= 4 is 21.9 Å². The fourth-order valence-corrected chi connectivity index (χ4v) is 3.74. The number of sulfonamides is 1. The average Bonchev–Trinajstić information content (AvgIpc) is 2.58. The van der Waals surface area contributed by atoms with Crippen LogP contribution < -0.4 is 10.5 Å². The minimum Gasteiger partial charge on any atom is -0.449 e. The molecule has 1 fully saturated rings. The molecule has 0 saturated heterocycles. The normalized spacial score (nSPS) is 24.1. The van der Waals surface area contributed by atoms with Gasteiger partial charge in [0.2, 0.25) is 10.0 Å². The summed E-state index contributed by atoms with van der Waals surface area (Å²) in [4.78, 5) is 24.1. The van der Waals surface area contributed by atoms with Gasteiger partial charge in [-0.05, 0) is 43.4 Å². The van der Waals surface area contributed by atoms with Crippen LogP contribution >= 0.6 is 0 Å². The Kier molecular flexibility index (Phi) is 6.59. The van der Waals surface area contributed by atoms with Gasteiger partial charge in [-0.25, -0.2) is 22.7 Å². The van der Waals surface area contributed by atoms with Crippen LogP contribution in [0.25, 0.3) is 0 Å². The SMILES string of the molecule is C[C@H]1[C@@H](NC(=O)[C@@H](C)OC(=O)c2cc(S(N)(=O)=O)ccc2F)CCC[C@@H]1C. The van der Waals surface area contributed by atoms with Gasteiger partial charge in [0.05, 0.1) is 10.5 Å². The Balaban J connectivity index is 2.06. The van der Waals surface area contributed by atoms with E-state index in [-0.39, 0.29) is 6.04 Å². The second-order valence-electron chi connectivity index (χ2n) is 7.12. The number of amides is 1. The van der Waals surface area contributed by atoms with Crippen molar-refractivity contribution in [1.29, 1.82) is 0 Å². The zero-order valence-corrected chi connectivity index (χ0v) is 16.4. The van der Waals surface area contributed by atoms with Crippen LogP contribution in [-0.2, 0) is 19.6 Å². The lowest BCUT2D eigenvalue weighted by molar-refractivity contribution is -0.130. The summed E-state index contributed by atoms with van der Waals surface area (Å²) in [5.74, 6) is -1.79. The van der Waals surface area contributed by atoms with Crippen molar-refractivity contribution in [2.75, 3.05) is 0 Å². The van der Waals surface area contributed by atoms with E-state index in [9.17, 15) is 22.4 Å². The predicted molar refractivity (Wildman–Crippen MR) is 96.8 cm³/mol. The molecule has 7 nitrogen and oxygen atoms in total. The van der Waals surface area contributed by atoms with Crippen LogP contribution in [0.4, 0.5) is 4.39 Å². The standard InChI is InChI=1S/C18H25FN2O5S/c1-10-5-4-6-16(11(10)2)21-17(22)12(3)26-18(23)14-9-13(27(20,24)25)7-8-15(14)19/h7-12,16H,4-6H2,1-3H3,(H,21,22)(H2,20,24,25)/t10-,11+,12+,16-/m0/s1. The summed E-state index contributed by atoms with van der Waals surface area (Å²) >= 11 is 0. The maximum atomic E-state index is 13.9. The van der Waals surface area contributed by atoms with Crippen molar-refractivity contribution < 1.29 is 27.1 Å². The van der Waals surface area contributed by atoms with Crippen LogP contribution in [0.15, 0.2) is 23.1 Å². The van der Waals surface area contributed by atoms with Gasteiger partial charge in [0.25, 0.3) is 5.91 Å². The van der Waals surface area contributed by atoms with E-state index in [4.69, 9.17) is 9.88 Å². The number of rotatable bonds is 5. The van der Waals surface area contributed by atoms with Crippen LogP contribution in [0.2, 0.25) is 0 Å². The Morgan fingerprint density at radius 1 is 1.30 bits per heavy atom. The fourth-order valence-electron chi connectivity index (χ4n) is 3.20. The Morgan fingerprint density at radius 3 is 2.59 bits per heavy atom. The molecule has 4 atom stereocenters. The smallest absolute Gasteiger partial charge is 0.341 e. The van der Waals surface area contributed by atoms with Crippen LogP contribution in [-0.4, -0.2) is 32.4 Å². The highest BCUT2D eigenvalue weighted by Crippen LogP contribution is 2.29. The first-order valence-electron chi connectivity index (χ1n) is 8.84. The molecule has 1 aliphatic rings. The summed E-state index contributed by atoms with van der Waals surface area (Å²) in [6.45, 7) is 5.58. The lowest BCUT2D eigenvalue weighted by Gasteiger charge is -2.35. The van der Waals surface area contributed by atoms with E-state index < -0.39 is 44.3 Å². The maximum Gasteiger partial charge on any atom is 0.341 e. The Labute approximate surface area is 158 Å². The molecule has 0 bridgehead atoms. The number of hydrogen-bond donors (Lipinski definition) is 2. The van der Waals surface area contributed by atoms with Gasteiger partial charge in [-0.2, -0.15) is 0 Å². The van der Waals surface area contributed by atoms with Gasteiger partial charge in [-0.1, -0.05) is 26.7 Å². The van der Waals surface area contributed by atoms with Crippen molar-refractivity contribution in [3.63, 3.8) is 0 Å². The molecule has 2 rings (SSSR count). The third kappa shape index (κ3) is 5.26.